The molecular formula is C58H58Cl2N6O10. The maximum Gasteiger partial charge on any atom is 0.328 e. The lowest BCUT2D eigenvalue weighted by Gasteiger charge is -2.35. The van der Waals surface area contributed by atoms with Gasteiger partial charge in [0.25, 0.3) is 0 Å². The van der Waals surface area contributed by atoms with E-state index in [4.69, 9.17) is 58.2 Å². The van der Waals surface area contributed by atoms with Crippen LogP contribution in [0.3, 0.4) is 0 Å². The molecule has 0 spiro atoms. The molecule has 16 nitrogen and oxygen atoms in total. The van der Waals surface area contributed by atoms with Crippen molar-refractivity contribution in [2.24, 2.45) is 0 Å². The predicted octanol–water partition coefficient (Wildman–Crippen LogP) is 9.88. The second kappa shape index (κ2) is 23.7. The summed E-state index contributed by atoms with van der Waals surface area (Å²) in [7, 11) is 5.95. The van der Waals surface area contributed by atoms with E-state index in [1.807, 2.05) is 12.1 Å². The van der Waals surface area contributed by atoms with Gasteiger partial charge in [-0.1, -0.05) is 59.6 Å². The molecule has 2 aliphatic rings. The number of rotatable bonds is 21. The maximum absolute atomic E-state index is 12.8. The van der Waals surface area contributed by atoms with E-state index in [0.29, 0.717) is 79.4 Å². The van der Waals surface area contributed by atoms with E-state index in [9.17, 15) is 25.1 Å². The highest BCUT2D eigenvalue weighted by Gasteiger charge is 2.40. The Kier molecular flexibility index (Phi) is 17.2. The number of likely N-dealkylation sites (N-methyl/N-ethyl adjacent to an activating group) is 2. The van der Waals surface area contributed by atoms with Crippen LogP contribution in [0.5, 0.6) is 23.0 Å². The normalized spacial score (nSPS) is 16.1. The van der Waals surface area contributed by atoms with Crippen molar-refractivity contribution in [1.82, 2.24) is 19.8 Å². The van der Waals surface area contributed by atoms with Crippen LogP contribution < -0.4 is 18.9 Å². The Balaban J connectivity index is 1.06. The summed E-state index contributed by atoms with van der Waals surface area (Å²) in [6.45, 7) is 10.1. The lowest BCUT2D eigenvalue weighted by Crippen LogP contribution is -2.53. The molecule has 394 valence electrons. The SMILES string of the molecule is [C-]#[N+]c1cncc(COc2cc(O[C@H]3CCc4c(-c5cccc6c5CC[C@@H]6Oc5cc(OCc6cncc(C#N)c6)c(CN(C)[C@@](C)(CO)C(=O)OC)cc5Cl)cccc43)c(Cl)cc2CN(C)[C@@](C)(CO)C(=O)OC)c1. The highest BCUT2D eigenvalue weighted by atomic mass is 35.5. The Hall–Kier alpha value is -7.28. The highest BCUT2D eigenvalue weighted by molar-refractivity contribution is 6.32. The smallest absolute Gasteiger partial charge is 0.328 e. The maximum atomic E-state index is 12.8. The molecule has 4 atom stereocenters. The van der Waals surface area contributed by atoms with E-state index >= 15 is 0 Å². The van der Waals surface area contributed by atoms with Crippen molar-refractivity contribution < 1.29 is 48.2 Å². The largest absolute Gasteiger partial charge is 0.488 e. The van der Waals surface area contributed by atoms with E-state index < -0.39 is 36.2 Å². The van der Waals surface area contributed by atoms with Crippen LogP contribution in [0.2, 0.25) is 10.0 Å². The minimum Gasteiger partial charge on any atom is -0.488 e. The molecule has 0 aliphatic heterocycles. The number of carbonyl (C=O) groups is 2. The van der Waals surface area contributed by atoms with Crippen molar-refractivity contribution in [2.45, 2.75) is 89.1 Å². The predicted molar refractivity (Wildman–Crippen MR) is 284 cm³/mol. The molecule has 2 aliphatic carbocycles. The fourth-order valence-electron chi connectivity index (χ4n) is 9.68. The van der Waals surface area contributed by atoms with E-state index in [0.717, 1.165) is 35.1 Å². The molecule has 0 bridgehead atoms. The zero-order valence-electron chi connectivity index (χ0n) is 43.1. The fourth-order valence-corrected chi connectivity index (χ4v) is 10.1. The molecule has 4 aromatic carbocycles. The third-order valence-electron chi connectivity index (χ3n) is 14.5. The summed E-state index contributed by atoms with van der Waals surface area (Å²) in [5.41, 5.74) is 7.26. The lowest BCUT2D eigenvalue weighted by molar-refractivity contribution is -0.157. The standard InChI is InChI=1S/C58H58Cl2N6O10/c1-57(33-67,55(69)71-6)65(4)29-38-20-47(59)53(22-51(38)73-31-36-18-35(24-61)25-63-26-36)75-49-16-14-43-41(10-8-12-45(43)49)42-11-9-13-46-44(42)15-17-50(46)76-54-23-52(74-32-37-19-40(62-3)28-64-27-37)39(21-48(54)60)30-66(5)58(2,34-68)56(70)72-7/h8-13,18-23,25-28,49-50,67-68H,14-17,29-34H2,1-2,4-7H3/t49-,50-,57-,58-/m0/s1. The summed E-state index contributed by atoms with van der Waals surface area (Å²) in [5, 5.41) is 30.7. The first-order valence-corrected chi connectivity index (χ1v) is 25.3. The zero-order valence-corrected chi connectivity index (χ0v) is 44.6. The van der Waals surface area contributed by atoms with Crippen LogP contribution in [0, 0.1) is 17.9 Å². The van der Waals surface area contributed by atoms with Crippen LogP contribution >= 0.6 is 23.2 Å². The molecule has 0 unspecified atom stereocenters. The van der Waals surface area contributed by atoms with E-state index in [1.54, 1.807) is 86.5 Å². The van der Waals surface area contributed by atoms with Crippen molar-refractivity contribution in [3.05, 3.63) is 169 Å². The van der Waals surface area contributed by atoms with Crippen molar-refractivity contribution >= 4 is 40.8 Å². The Morgan fingerprint density at radius 1 is 0.711 bits per heavy atom. The van der Waals surface area contributed by atoms with Gasteiger partial charge in [-0.15, -0.1) is 0 Å². The Labute approximate surface area is 452 Å². The lowest BCUT2D eigenvalue weighted by atomic mass is 9.91. The number of aliphatic hydroxyl groups excluding tert-OH is 2. The number of aliphatic hydroxyl groups is 2. The summed E-state index contributed by atoms with van der Waals surface area (Å²) in [5.74, 6) is 0.463. The minimum absolute atomic E-state index is 0.0781. The number of carbonyl (C=O) groups excluding carboxylic acids is 2. The first kappa shape index (κ1) is 55.0. The molecule has 2 aromatic heterocycles. The minimum atomic E-state index is -1.36. The van der Waals surface area contributed by atoms with Crippen molar-refractivity contribution in [3.8, 4) is 40.2 Å². The van der Waals surface area contributed by atoms with Gasteiger partial charge in [0.2, 0.25) is 5.69 Å². The number of fused-ring (bicyclic) bond motifs is 2. The summed E-state index contributed by atoms with van der Waals surface area (Å²) in [6, 6.07) is 25.0. The third kappa shape index (κ3) is 11.4. The van der Waals surface area contributed by atoms with E-state index in [1.165, 1.54) is 37.7 Å². The van der Waals surface area contributed by atoms with Gasteiger partial charge < -0.3 is 38.6 Å². The Morgan fingerprint density at radius 2 is 1.17 bits per heavy atom. The molecule has 2 N–H and O–H groups in total. The number of nitrogens with zero attached hydrogens (tertiary/aromatic N) is 6. The second-order valence-corrected chi connectivity index (χ2v) is 20.1. The van der Waals surface area contributed by atoms with Crippen molar-refractivity contribution in [1.29, 1.82) is 5.26 Å². The van der Waals surface area contributed by atoms with Gasteiger partial charge in [-0.25, -0.2) is 14.4 Å². The number of pyridine rings is 2. The molecule has 0 radical (unpaired) electrons. The molecule has 0 amide bonds. The number of halogens is 2. The zero-order chi connectivity index (χ0) is 54.3. The topological polar surface area (TPSA) is 190 Å². The van der Waals surface area contributed by atoms with E-state index in [-0.39, 0.29) is 38.5 Å². The second-order valence-electron chi connectivity index (χ2n) is 19.3. The number of nitriles is 1. The van der Waals surface area contributed by atoms with Gasteiger partial charge in [0.1, 0.15) is 65.6 Å². The fraction of sp³-hybridized carbons (Fsp3) is 0.345. The average molecular weight is 1070 g/mol. The number of hydrogen-bond donors (Lipinski definition) is 2. The van der Waals surface area contributed by atoms with Crippen molar-refractivity contribution in [2.75, 3.05) is 41.5 Å². The van der Waals surface area contributed by atoms with Crippen molar-refractivity contribution in [3.63, 3.8) is 0 Å². The molecular weight excluding hydrogens is 1010 g/mol. The summed E-state index contributed by atoms with van der Waals surface area (Å²) in [6.07, 6.45) is 8.37. The molecule has 18 heteroatoms. The van der Waals surface area contributed by atoms with Crippen LogP contribution in [0.15, 0.2) is 97.6 Å². The number of aromatic nitrogens is 2. The van der Waals surface area contributed by atoms with Gasteiger partial charge in [-0.3, -0.25) is 19.8 Å². The van der Waals surface area contributed by atoms with Gasteiger partial charge in [0.15, 0.2) is 0 Å². The first-order chi connectivity index (χ1) is 36.6. The number of benzene rings is 4. The van der Waals surface area contributed by atoms with Crippen LogP contribution in [0.4, 0.5) is 5.69 Å². The summed E-state index contributed by atoms with van der Waals surface area (Å²) in [4.78, 5) is 40.8. The van der Waals surface area contributed by atoms with Crippen LogP contribution in [0.1, 0.15) is 89.0 Å². The van der Waals surface area contributed by atoms with Gasteiger partial charge >= 0.3 is 11.9 Å². The number of methoxy groups -OCH3 is 2. The third-order valence-corrected chi connectivity index (χ3v) is 15.1. The number of hydrogen-bond acceptors (Lipinski definition) is 15. The van der Waals surface area contributed by atoms with Crippen LogP contribution in [-0.2, 0) is 58.2 Å². The molecule has 76 heavy (non-hydrogen) atoms. The molecule has 0 fully saturated rings. The molecule has 6 aromatic rings. The first-order valence-electron chi connectivity index (χ1n) is 24.5. The quantitative estimate of drug-likeness (QED) is 0.0511. The molecule has 0 saturated carbocycles. The van der Waals surface area contributed by atoms with Crippen LogP contribution in [-0.4, -0.2) is 94.5 Å². The molecule has 2 heterocycles. The monoisotopic (exact) mass is 1070 g/mol. The Bertz CT molecular complexity index is 3020. The highest BCUT2D eigenvalue weighted by Crippen LogP contribution is 2.47. The van der Waals surface area contributed by atoms with Gasteiger partial charge in [0, 0.05) is 66.7 Å². The molecule has 8 rings (SSSR count). The number of ether oxygens (including phenoxy) is 6. The van der Waals surface area contributed by atoms with Gasteiger partial charge in [-0.2, -0.15) is 5.26 Å². The summed E-state index contributed by atoms with van der Waals surface area (Å²) < 4.78 is 36.4. The van der Waals surface area contributed by atoms with Crippen LogP contribution in [0.25, 0.3) is 16.0 Å². The van der Waals surface area contributed by atoms with E-state index in [2.05, 4.69) is 45.1 Å². The molecule has 0 saturated heterocycles. The Morgan fingerprint density at radius 3 is 1.61 bits per heavy atom. The number of esters is 2. The summed E-state index contributed by atoms with van der Waals surface area (Å²) >= 11 is 14.1. The average Bonchev–Trinajstić information content (AvgIpc) is 4.06. The van der Waals surface area contributed by atoms with Gasteiger partial charge in [-0.05, 0) is 117 Å². The van der Waals surface area contributed by atoms with Gasteiger partial charge in [0.05, 0.1) is 49.6 Å².